The van der Waals surface area contributed by atoms with E-state index in [2.05, 4.69) is 26.0 Å². The Bertz CT molecular complexity index is 186. The Morgan fingerprint density at radius 1 is 1.64 bits per heavy atom. The normalized spacial score (nSPS) is 20.4. The predicted molar refractivity (Wildman–Crippen MR) is 63.1 cm³/mol. The van der Waals surface area contributed by atoms with Crippen molar-refractivity contribution in [3.05, 3.63) is 0 Å². The van der Waals surface area contributed by atoms with Crippen LogP contribution >= 0.6 is 27.7 Å². The predicted octanol–water partition coefficient (Wildman–Crippen LogP) is 1.41. The van der Waals surface area contributed by atoms with E-state index in [1.807, 2.05) is 11.8 Å². The van der Waals surface area contributed by atoms with Crippen molar-refractivity contribution in [2.24, 2.45) is 0 Å². The molecule has 14 heavy (non-hydrogen) atoms. The monoisotopic (exact) mass is 281 g/mol. The smallest absolute Gasteiger partial charge is 0.320 e. The fraction of sp³-hybridized carbons (Fsp3) is 0.889. The third-order valence-electron chi connectivity index (χ3n) is 2.26. The van der Waals surface area contributed by atoms with Crippen molar-refractivity contribution in [3.8, 4) is 0 Å². The van der Waals surface area contributed by atoms with Crippen molar-refractivity contribution in [3.63, 3.8) is 0 Å². The second-order valence-electron chi connectivity index (χ2n) is 3.29. The van der Waals surface area contributed by atoms with Crippen LogP contribution in [-0.2, 0) is 9.53 Å². The topological polar surface area (TPSA) is 38.3 Å². The molecule has 1 rings (SSSR count). The molecule has 0 aromatic carbocycles. The van der Waals surface area contributed by atoms with E-state index in [4.69, 9.17) is 0 Å². The lowest BCUT2D eigenvalue weighted by atomic mass is 10.1. The molecule has 0 radical (unpaired) electrons. The van der Waals surface area contributed by atoms with Crippen LogP contribution in [-0.4, -0.2) is 42.0 Å². The molecule has 1 atom stereocenters. The highest BCUT2D eigenvalue weighted by atomic mass is 79.9. The van der Waals surface area contributed by atoms with Gasteiger partial charge in [0.1, 0.15) is 4.83 Å². The van der Waals surface area contributed by atoms with Crippen LogP contribution in [0.1, 0.15) is 12.8 Å². The van der Waals surface area contributed by atoms with Crippen molar-refractivity contribution in [1.82, 2.24) is 5.32 Å². The van der Waals surface area contributed by atoms with Crippen LogP contribution in [0.5, 0.6) is 0 Å². The minimum Gasteiger partial charge on any atom is -0.468 e. The largest absolute Gasteiger partial charge is 0.468 e. The Labute approximate surface area is 97.5 Å². The molecule has 0 aromatic rings. The van der Waals surface area contributed by atoms with E-state index in [1.165, 1.54) is 31.5 Å². The van der Waals surface area contributed by atoms with Gasteiger partial charge in [0, 0.05) is 12.6 Å². The third kappa shape index (κ3) is 4.19. The minimum absolute atomic E-state index is 0.206. The molecule has 0 saturated carbocycles. The first-order valence-electron chi connectivity index (χ1n) is 4.77. The van der Waals surface area contributed by atoms with Gasteiger partial charge < -0.3 is 10.1 Å². The average Bonchev–Trinajstić information content (AvgIpc) is 2.26. The zero-order chi connectivity index (χ0) is 10.4. The van der Waals surface area contributed by atoms with Gasteiger partial charge in [-0.05, 0) is 24.3 Å². The van der Waals surface area contributed by atoms with E-state index in [1.54, 1.807) is 0 Å². The highest BCUT2D eigenvalue weighted by Gasteiger charge is 2.18. The van der Waals surface area contributed by atoms with E-state index in [0.717, 1.165) is 0 Å². The molecule has 0 spiro atoms. The Balaban J connectivity index is 2.15. The van der Waals surface area contributed by atoms with E-state index < -0.39 is 0 Å². The summed E-state index contributed by atoms with van der Waals surface area (Å²) in [6.45, 7) is 0.655. The van der Waals surface area contributed by atoms with Crippen LogP contribution in [0.4, 0.5) is 0 Å². The molecule has 1 fully saturated rings. The summed E-state index contributed by atoms with van der Waals surface area (Å²) < 4.78 is 4.62. The van der Waals surface area contributed by atoms with Crippen molar-refractivity contribution >= 4 is 33.7 Å². The molecule has 3 nitrogen and oxygen atoms in total. The fourth-order valence-electron chi connectivity index (χ4n) is 1.38. The number of halogens is 1. The van der Waals surface area contributed by atoms with Crippen molar-refractivity contribution in [2.45, 2.75) is 23.7 Å². The summed E-state index contributed by atoms with van der Waals surface area (Å²) in [4.78, 5) is 10.9. The molecule has 82 valence electrons. The number of methoxy groups -OCH3 is 1. The van der Waals surface area contributed by atoms with Gasteiger partial charge in [0.15, 0.2) is 0 Å². The van der Waals surface area contributed by atoms with Crippen LogP contribution in [0.15, 0.2) is 0 Å². The Kier molecular flexibility index (Phi) is 5.89. The zero-order valence-electron chi connectivity index (χ0n) is 8.29. The van der Waals surface area contributed by atoms with Gasteiger partial charge in [-0.2, -0.15) is 11.8 Å². The van der Waals surface area contributed by atoms with Crippen LogP contribution in [0, 0.1) is 0 Å². The Morgan fingerprint density at radius 2 is 2.29 bits per heavy atom. The maximum absolute atomic E-state index is 11.1. The number of esters is 1. The third-order valence-corrected chi connectivity index (χ3v) is 4.01. The highest BCUT2D eigenvalue weighted by Crippen LogP contribution is 2.17. The second kappa shape index (κ2) is 6.69. The Morgan fingerprint density at radius 3 is 2.86 bits per heavy atom. The lowest BCUT2D eigenvalue weighted by molar-refractivity contribution is -0.139. The number of thioether (sulfide) groups is 1. The molecule has 1 heterocycles. The molecular weight excluding hydrogens is 266 g/mol. The molecule has 0 bridgehead atoms. The lowest BCUT2D eigenvalue weighted by Gasteiger charge is -2.23. The number of hydrogen-bond donors (Lipinski definition) is 1. The molecule has 1 unspecified atom stereocenters. The van der Waals surface area contributed by atoms with Crippen molar-refractivity contribution in [1.29, 1.82) is 0 Å². The molecular formula is C9H16BrNO2S. The molecule has 1 saturated heterocycles. The van der Waals surface area contributed by atoms with Crippen LogP contribution in [0.2, 0.25) is 0 Å². The average molecular weight is 282 g/mol. The summed E-state index contributed by atoms with van der Waals surface area (Å²) >= 11 is 5.29. The number of alkyl halides is 1. The summed E-state index contributed by atoms with van der Waals surface area (Å²) in [5.74, 6) is 2.24. The quantitative estimate of drug-likeness (QED) is 0.625. The van der Waals surface area contributed by atoms with E-state index in [9.17, 15) is 4.79 Å². The van der Waals surface area contributed by atoms with Gasteiger partial charge in [0.25, 0.3) is 0 Å². The maximum atomic E-state index is 11.1. The maximum Gasteiger partial charge on any atom is 0.320 e. The molecule has 0 amide bonds. The molecule has 0 aromatic heterocycles. The van der Waals surface area contributed by atoms with Crippen molar-refractivity contribution < 1.29 is 9.53 Å². The first kappa shape index (κ1) is 12.3. The summed E-state index contributed by atoms with van der Waals surface area (Å²) in [7, 11) is 1.41. The van der Waals surface area contributed by atoms with Gasteiger partial charge in [-0.1, -0.05) is 15.9 Å². The minimum atomic E-state index is -0.220. The summed E-state index contributed by atoms with van der Waals surface area (Å²) in [5.41, 5.74) is 0. The summed E-state index contributed by atoms with van der Waals surface area (Å²) in [6, 6.07) is 0.570. The van der Waals surface area contributed by atoms with Crippen LogP contribution < -0.4 is 5.32 Å². The summed E-state index contributed by atoms with van der Waals surface area (Å²) in [6.07, 6.45) is 2.40. The summed E-state index contributed by atoms with van der Waals surface area (Å²) in [5, 5.41) is 3.38. The van der Waals surface area contributed by atoms with Gasteiger partial charge in [0.2, 0.25) is 0 Å². The van der Waals surface area contributed by atoms with E-state index in [-0.39, 0.29) is 10.8 Å². The first-order chi connectivity index (χ1) is 6.74. The molecule has 1 aliphatic heterocycles. The molecule has 1 N–H and O–H groups in total. The molecule has 5 heteroatoms. The van der Waals surface area contributed by atoms with Gasteiger partial charge in [-0.3, -0.25) is 4.79 Å². The van der Waals surface area contributed by atoms with Gasteiger partial charge >= 0.3 is 5.97 Å². The molecule has 0 aliphatic carbocycles. The number of ether oxygens (including phenoxy) is 1. The van der Waals surface area contributed by atoms with Crippen molar-refractivity contribution in [2.75, 3.05) is 25.2 Å². The number of rotatable bonds is 4. The standard InChI is InChI=1S/C9H16BrNO2S/c1-13-9(12)8(10)6-11-7-2-4-14-5-3-7/h7-8,11H,2-6H2,1H3. The number of hydrogen-bond acceptors (Lipinski definition) is 4. The Hall–Kier alpha value is 0.260. The number of carbonyl (C=O) groups excluding carboxylic acids is 1. The SMILES string of the molecule is COC(=O)C(Br)CNC1CCSCC1. The fourth-order valence-corrected chi connectivity index (χ4v) is 2.86. The highest BCUT2D eigenvalue weighted by molar-refractivity contribution is 9.10. The van der Waals surface area contributed by atoms with Crippen LogP contribution in [0.3, 0.4) is 0 Å². The molecule has 1 aliphatic rings. The second-order valence-corrected chi connectivity index (χ2v) is 5.62. The van der Waals surface area contributed by atoms with Gasteiger partial charge in [-0.15, -0.1) is 0 Å². The van der Waals surface area contributed by atoms with E-state index >= 15 is 0 Å². The lowest BCUT2D eigenvalue weighted by Crippen LogP contribution is -2.38. The van der Waals surface area contributed by atoms with E-state index in [0.29, 0.717) is 12.6 Å². The van der Waals surface area contributed by atoms with Crippen LogP contribution in [0.25, 0.3) is 0 Å². The zero-order valence-corrected chi connectivity index (χ0v) is 10.7. The number of carbonyl (C=O) groups is 1. The first-order valence-corrected chi connectivity index (χ1v) is 6.84. The van der Waals surface area contributed by atoms with Gasteiger partial charge in [-0.25, -0.2) is 0 Å². The number of nitrogens with one attached hydrogen (secondary N) is 1. The van der Waals surface area contributed by atoms with Gasteiger partial charge in [0.05, 0.1) is 7.11 Å².